The molecule has 0 aromatic carbocycles. The Kier molecular flexibility index (Phi) is 3.34. The Labute approximate surface area is 69.5 Å². The number of hydrogen-bond acceptors (Lipinski definition) is 2. The Morgan fingerprint density at radius 1 is 1.55 bits per heavy atom. The molecule has 0 spiro atoms. The summed E-state index contributed by atoms with van der Waals surface area (Å²) in [6, 6.07) is 0.661. The molecule has 11 heavy (non-hydrogen) atoms. The second kappa shape index (κ2) is 4.07. The van der Waals surface area contributed by atoms with E-state index >= 15 is 0 Å². The second-order valence-corrected chi connectivity index (χ2v) is 3.86. The normalized spacial score (nSPS) is 32.7. The van der Waals surface area contributed by atoms with E-state index in [1.54, 1.807) is 0 Å². The van der Waals surface area contributed by atoms with Gasteiger partial charge in [-0.15, -0.1) is 0 Å². The first-order valence-electron chi connectivity index (χ1n) is 4.69. The first-order chi connectivity index (χ1) is 5.25. The van der Waals surface area contributed by atoms with Gasteiger partial charge in [-0.25, -0.2) is 0 Å². The zero-order chi connectivity index (χ0) is 8.27. The van der Waals surface area contributed by atoms with E-state index in [9.17, 15) is 0 Å². The Balaban J connectivity index is 2.44. The van der Waals surface area contributed by atoms with Gasteiger partial charge < -0.3 is 11.1 Å². The molecule has 1 saturated heterocycles. The van der Waals surface area contributed by atoms with Gasteiger partial charge in [0.2, 0.25) is 0 Å². The lowest BCUT2D eigenvalue weighted by Crippen LogP contribution is -2.47. The molecule has 1 fully saturated rings. The van der Waals surface area contributed by atoms with Crippen LogP contribution in [-0.4, -0.2) is 19.1 Å². The third kappa shape index (κ3) is 2.17. The van der Waals surface area contributed by atoms with Gasteiger partial charge in [-0.05, 0) is 37.8 Å². The zero-order valence-corrected chi connectivity index (χ0v) is 7.64. The summed E-state index contributed by atoms with van der Waals surface area (Å²) in [6.07, 6.45) is 2.61. The fraction of sp³-hybridized carbons (Fsp3) is 1.00. The van der Waals surface area contributed by atoms with Crippen molar-refractivity contribution < 1.29 is 0 Å². The highest BCUT2D eigenvalue weighted by Gasteiger charge is 2.25. The largest absolute Gasteiger partial charge is 0.330 e. The highest BCUT2D eigenvalue weighted by molar-refractivity contribution is 4.83. The summed E-state index contributed by atoms with van der Waals surface area (Å²) in [5.41, 5.74) is 5.69. The third-order valence-electron chi connectivity index (χ3n) is 2.66. The average Bonchev–Trinajstić information content (AvgIpc) is 2.04. The van der Waals surface area contributed by atoms with Crippen LogP contribution in [0, 0.1) is 11.8 Å². The molecule has 2 heteroatoms. The van der Waals surface area contributed by atoms with Crippen LogP contribution in [0.1, 0.15) is 26.7 Å². The van der Waals surface area contributed by atoms with E-state index in [-0.39, 0.29) is 0 Å². The van der Waals surface area contributed by atoms with Gasteiger partial charge >= 0.3 is 0 Å². The number of hydrogen-bond donors (Lipinski definition) is 2. The van der Waals surface area contributed by atoms with E-state index in [0.29, 0.717) is 12.0 Å². The predicted octanol–water partition coefficient (Wildman–Crippen LogP) is 0.969. The topological polar surface area (TPSA) is 38.0 Å². The van der Waals surface area contributed by atoms with Crippen molar-refractivity contribution in [3.8, 4) is 0 Å². The molecule has 66 valence electrons. The molecule has 0 aromatic rings. The molecule has 0 radical (unpaired) electrons. The quantitative estimate of drug-likeness (QED) is 0.625. The van der Waals surface area contributed by atoms with E-state index in [1.807, 2.05) is 0 Å². The van der Waals surface area contributed by atoms with Gasteiger partial charge in [0.1, 0.15) is 0 Å². The Morgan fingerprint density at radius 3 is 2.73 bits per heavy atom. The monoisotopic (exact) mass is 156 g/mol. The molecule has 0 saturated carbocycles. The fourth-order valence-corrected chi connectivity index (χ4v) is 2.02. The smallest absolute Gasteiger partial charge is 0.0130 e. The van der Waals surface area contributed by atoms with Crippen LogP contribution < -0.4 is 11.1 Å². The molecule has 1 aliphatic rings. The Morgan fingerprint density at radius 2 is 2.27 bits per heavy atom. The van der Waals surface area contributed by atoms with Crippen molar-refractivity contribution >= 4 is 0 Å². The zero-order valence-electron chi connectivity index (χ0n) is 7.64. The molecule has 3 N–H and O–H groups in total. The van der Waals surface area contributed by atoms with Gasteiger partial charge in [0.25, 0.3) is 0 Å². The third-order valence-corrected chi connectivity index (χ3v) is 2.66. The minimum atomic E-state index is 0.661. The first kappa shape index (κ1) is 9.01. The fourth-order valence-electron chi connectivity index (χ4n) is 2.02. The van der Waals surface area contributed by atoms with E-state index in [0.717, 1.165) is 12.5 Å². The van der Waals surface area contributed by atoms with Crippen LogP contribution >= 0.6 is 0 Å². The molecule has 0 aliphatic carbocycles. The predicted molar refractivity (Wildman–Crippen MR) is 48.4 cm³/mol. The standard InChI is InChI=1S/C9H20N2/c1-7(2)9-8(6-10)4-3-5-11-9/h7-9,11H,3-6,10H2,1-2H3/t8-,9-/m1/s1. The maximum absolute atomic E-state index is 5.69. The van der Waals surface area contributed by atoms with Crippen LogP contribution in [0.4, 0.5) is 0 Å². The number of nitrogens with two attached hydrogens (primary N) is 1. The summed E-state index contributed by atoms with van der Waals surface area (Å²) in [7, 11) is 0. The molecule has 1 aliphatic heterocycles. The van der Waals surface area contributed by atoms with E-state index in [2.05, 4.69) is 19.2 Å². The SMILES string of the molecule is CC(C)[C@H]1NCCC[C@@H]1CN. The summed E-state index contributed by atoms with van der Waals surface area (Å²) < 4.78 is 0. The van der Waals surface area contributed by atoms with Crippen molar-refractivity contribution in [2.45, 2.75) is 32.7 Å². The van der Waals surface area contributed by atoms with E-state index < -0.39 is 0 Å². The first-order valence-corrected chi connectivity index (χ1v) is 4.69. The number of nitrogens with one attached hydrogen (secondary N) is 1. The maximum Gasteiger partial charge on any atom is 0.0130 e. The van der Waals surface area contributed by atoms with Crippen LogP contribution in [0.2, 0.25) is 0 Å². The van der Waals surface area contributed by atoms with Crippen LogP contribution in [0.5, 0.6) is 0 Å². The highest BCUT2D eigenvalue weighted by Crippen LogP contribution is 2.20. The van der Waals surface area contributed by atoms with Gasteiger partial charge in [0.15, 0.2) is 0 Å². The van der Waals surface area contributed by atoms with Crippen molar-refractivity contribution in [2.24, 2.45) is 17.6 Å². The van der Waals surface area contributed by atoms with E-state index in [4.69, 9.17) is 5.73 Å². The molecule has 0 unspecified atom stereocenters. The van der Waals surface area contributed by atoms with Gasteiger partial charge in [-0.1, -0.05) is 13.8 Å². The van der Waals surface area contributed by atoms with E-state index in [1.165, 1.54) is 19.4 Å². The lowest BCUT2D eigenvalue weighted by atomic mass is 9.84. The second-order valence-electron chi connectivity index (χ2n) is 3.86. The van der Waals surface area contributed by atoms with Crippen molar-refractivity contribution in [1.29, 1.82) is 0 Å². The highest BCUT2D eigenvalue weighted by atomic mass is 14.9. The number of piperidine rings is 1. The minimum Gasteiger partial charge on any atom is -0.330 e. The Bertz CT molecular complexity index is 112. The number of rotatable bonds is 2. The molecule has 0 bridgehead atoms. The molecule has 1 heterocycles. The maximum atomic E-state index is 5.69. The summed E-state index contributed by atoms with van der Waals surface area (Å²) in [6.45, 7) is 6.56. The molecule has 2 nitrogen and oxygen atoms in total. The van der Waals surface area contributed by atoms with Gasteiger partial charge in [0, 0.05) is 6.04 Å². The summed E-state index contributed by atoms with van der Waals surface area (Å²) in [5.74, 6) is 1.44. The van der Waals surface area contributed by atoms with Crippen molar-refractivity contribution in [3.63, 3.8) is 0 Å². The summed E-state index contributed by atoms with van der Waals surface area (Å²) in [4.78, 5) is 0. The van der Waals surface area contributed by atoms with Crippen LogP contribution in [0.15, 0.2) is 0 Å². The summed E-state index contributed by atoms with van der Waals surface area (Å²) in [5, 5.41) is 3.54. The van der Waals surface area contributed by atoms with Crippen LogP contribution in [0.3, 0.4) is 0 Å². The van der Waals surface area contributed by atoms with Gasteiger partial charge in [-0.3, -0.25) is 0 Å². The lowest BCUT2D eigenvalue weighted by molar-refractivity contribution is 0.232. The van der Waals surface area contributed by atoms with Gasteiger partial charge in [-0.2, -0.15) is 0 Å². The molecule has 0 amide bonds. The molecule has 2 atom stereocenters. The van der Waals surface area contributed by atoms with Crippen molar-refractivity contribution in [2.75, 3.05) is 13.1 Å². The molecular formula is C9H20N2. The molecule has 1 rings (SSSR count). The minimum absolute atomic E-state index is 0.661. The van der Waals surface area contributed by atoms with Gasteiger partial charge in [0.05, 0.1) is 0 Å². The van der Waals surface area contributed by atoms with Crippen LogP contribution in [-0.2, 0) is 0 Å². The molecule has 0 aromatic heterocycles. The Hall–Kier alpha value is -0.0800. The molecular weight excluding hydrogens is 136 g/mol. The van der Waals surface area contributed by atoms with Crippen molar-refractivity contribution in [3.05, 3.63) is 0 Å². The average molecular weight is 156 g/mol. The summed E-state index contributed by atoms with van der Waals surface area (Å²) >= 11 is 0. The van der Waals surface area contributed by atoms with Crippen LogP contribution in [0.25, 0.3) is 0 Å². The van der Waals surface area contributed by atoms with Crippen molar-refractivity contribution in [1.82, 2.24) is 5.32 Å². The lowest BCUT2D eigenvalue weighted by Gasteiger charge is -2.34.